The molecule has 0 saturated heterocycles. The number of H-pyrrole nitrogens is 1. The molecule has 1 heterocycles. The molecule has 1 aromatic heterocycles. The van der Waals surface area contributed by atoms with Gasteiger partial charge >= 0.3 is 0 Å². The smallest absolute Gasteiger partial charge is 0.255 e. The summed E-state index contributed by atoms with van der Waals surface area (Å²) in [4.78, 5) is 24.6. The molecule has 17 heavy (non-hydrogen) atoms. The topological polar surface area (TPSA) is 78.1 Å². The molecule has 6 nitrogen and oxygen atoms in total. The van der Waals surface area contributed by atoms with E-state index in [0.29, 0.717) is 24.2 Å². The van der Waals surface area contributed by atoms with Crippen molar-refractivity contribution in [1.82, 2.24) is 20.4 Å². The molecule has 1 rings (SSSR count). The minimum Gasteiger partial charge on any atom is -0.351 e. The Morgan fingerprint density at radius 2 is 2.00 bits per heavy atom. The van der Waals surface area contributed by atoms with Crippen LogP contribution in [-0.2, 0) is 4.79 Å². The Hall–Kier alpha value is -1.85. The minimum absolute atomic E-state index is 0.00839. The molecule has 0 saturated carbocycles. The molecule has 94 valence electrons. The van der Waals surface area contributed by atoms with Crippen LogP contribution in [0.25, 0.3) is 0 Å². The van der Waals surface area contributed by atoms with Gasteiger partial charge in [0.2, 0.25) is 5.91 Å². The first-order chi connectivity index (χ1) is 7.93. The standard InChI is InChI=1S/C11H18N4O2/c1-7-10(8(2)14-13-7)11(17)12-6-5-9(16)15(3)4/h5-6H2,1-4H3,(H,12,17)(H,13,14). The molecular formula is C11H18N4O2. The van der Waals surface area contributed by atoms with E-state index < -0.39 is 0 Å². The Bertz CT molecular complexity index is 404. The number of nitrogens with zero attached hydrogens (tertiary/aromatic N) is 2. The van der Waals surface area contributed by atoms with Crippen molar-refractivity contribution in [2.75, 3.05) is 20.6 Å². The maximum Gasteiger partial charge on any atom is 0.255 e. The van der Waals surface area contributed by atoms with Gasteiger partial charge in [-0.05, 0) is 13.8 Å². The zero-order valence-corrected chi connectivity index (χ0v) is 10.6. The summed E-state index contributed by atoms with van der Waals surface area (Å²) in [7, 11) is 3.38. The van der Waals surface area contributed by atoms with E-state index in [-0.39, 0.29) is 11.8 Å². The first-order valence-corrected chi connectivity index (χ1v) is 5.43. The van der Waals surface area contributed by atoms with E-state index in [9.17, 15) is 9.59 Å². The summed E-state index contributed by atoms with van der Waals surface area (Å²) in [6.07, 6.45) is 0.300. The van der Waals surface area contributed by atoms with Crippen molar-refractivity contribution >= 4 is 11.8 Å². The summed E-state index contributed by atoms with van der Waals surface area (Å²) < 4.78 is 0. The van der Waals surface area contributed by atoms with E-state index in [2.05, 4.69) is 15.5 Å². The highest BCUT2D eigenvalue weighted by Crippen LogP contribution is 2.08. The molecule has 1 aromatic rings. The molecule has 0 aliphatic carbocycles. The SMILES string of the molecule is Cc1n[nH]c(C)c1C(=O)NCCC(=O)N(C)C. The number of amides is 2. The van der Waals surface area contributed by atoms with Gasteiger partial charge in [0.05, 0.1) is 11.3 Å². The summed E-state index contributed by atoms with van der Waals surface area (Å²) in [6, 6.07) is 0. The summed E-state index contributed by atoms with van der Waals surface area (Å²) in [5, 5.41) is 9.40. The van der Waals surface area contributed by atoms with Crippen molar-refractivity contribution in [2.45, 2.75) is 20.3 Å². The third-order valence-corrected chi connectivity index (χ3v) is 2.48. The van der Waals surface area contributed by atoms with E-state index >= 15 is 0 Å². The summed E-state index contributed by atoms with van der Waals surface area (Å²) in [6.45, 7) is 3.89. The van der Waals surface area contributed by atoms with Crippen LogP contribution in [0.5, 0.6) is 0 Å². The van der Waals surface area contributed by atoms with Gasteiger partial charge in [-0.15, -0.1) is 0 Å². The fourth-order valence-electron chi connectivity index (χ4n) is 1.48. The van der Waals surface area contributed by atoms with Gasteiger partial charge in [0, 0.05) is 32.8 Å². The number of aryl methyl sites for hydroxylation is 2. The van der Waals surface area contributed by atoms with Gasteiger partial charge in [0.15, 0.2) is 0 Å². The van der Waals surface area contributed by atoms with Crippen LogP contribution < -0.4 is 5.32 Å². The minimum atomic E-state index is -0.194. The highest BCUT2D eigenvalue weighted by Gasteiger charge is 2.15. The second-order valence-electron chi connectivity index (χ2n) is 4.10. The fraction of sp³-hybridized carbons (Fsp3) is 0.545. The normalized spacial score (nSPS) is 10.1. The lowest BCUT2D eigenvalue weighted by molar-refractivity contribution is -0.128. The van der Waals surface area contributed by atoms with Crippen LogP contribution in [0, 0.1) is 13.8 Å². The Labute approximate surface area is 100 Å². The maximum absolute atomic E-state index is 11.8. The van der Waals surface area contributed by atoms with Crippen molar-refractivity contribution < 1.29 is 9.59 Å². The number of hydrogen-bond donors (Lipinski definition) is 2. The lowest BCUT2D eigenvalue weighted by Gasteiger charge is -2.10. The number of carbonyl (C=O) groups excluding carboxylic acids is 2. The van der Waals surface area contributed by atoms with Gasteiger partial charge in [-0.2, -0.15) is 5.10 Å². The Balaban J connectivity index is 2.49. The van der Waals surface area contributed by atoms with Crippen molar-refractivity contribution in [1.29, 1.82) is 0 Å². The molecule has 0 unspecified atom stereocenters. The van der Waals surface area contributed by atoms with Crippen molar-refractivity contribution in [3.8, 4) is 0 Å². The largest absolute Gasteiger partial charge is 0.351 e. The molecule has 0 aromatic carbocycles. The molecule has 0 aliphatic rings. The first kappa shape index (κ1) is 13.2. The summed E-state index contributed by atoms with van der Waals surface area (Å²) in [5.41, 5.74) is 1.96. The number of aromatic nitrogens is 2. The molecule has 2 amide bonds. The Kier molecular flexibility index (Phi) is 4.25. The van der Waals surface area contributed by atoms with Gasteiger partial charge in [0.1, 0.15) is 0 Å². The van der Waals surface area contributed by atoms with E-state index in [1.54, 1.807) is 27.9 Å². The highest BCUT2D eigenvalue weighted by atomic mass is 16.2. The molecule has 0 atom stereocenters. The number of aromatic amines is 1. The molecule has 6 heteroatoms. The van der Waals surface area contributed by atoms with E-state index in [0.717, 1.165) is 5.69 Å². The molecule has 0 radical (unpaired) electrons. The number of nitrogens with one attached hydrogen (secondary N) is 2. The van der Waals surface area contributed by atoms with Gasteiger partial charge in [-0.25, -0.2) is 0 Å². The Morgan fingerprint density at radius 3 is 2.47 bits per heavy atom. The lowest BCUT2D eigenvalue weighted by Crippen LogP contribution is -2.30. The van der Waals surface area contributed by atoms with Crippen LogP contribution in [0.2, 0.25) is 0 Å². The fourth-order valence-corrected chi connectivity index (χ4v) is 1.48. The third-order valence-electron chi connectivity index (χ3n) is 2.48. The van der Waals surface area contributed by atoms with Crippen LogP contribution >= 0.6 is 0 Å². The van der Waals surface area contributed by atoms with Crippen molar-refractivity contribution in [3.05, 3.63) is 17.0 Å². The van der Waals surface area contributed by atoms with E-state index in [4.69, 9.17) is 0 Å². The predicted molar refractivity (Wildman–Crippen MR) is 63.7 cm³/mol. The average Bonchev–Trinajstić information content (AvgIpc) is 2.58. The molecule has 0 aliphatic heterocycles. The predicted octanol–water partition coefficient (Wildman–Crippen LogP) is 0.235. The molecular weight excluding hydrogens is 220 g/mol. The van der Waals surface area contributed by atoms with Crippen LogP contribution in [-0.4, -0.2) is 47.6 Å². The van der Waals surface area contributed by atoms with Crippen LogP contribution in [0.1, 0.15) is 28.2 Å². The van der Waals surface area contributed by atoms with Crippen LogP contribution in [0.15, 0.2) is 0 Å². The van der Waals surface area contributed by atoms with E-state index in [1.807, 2.05) is 0 Å². The summed E-state index contributed by atoms with van der Waals surface area (Å²) >= 11 is 0. The quantitative estimate of drug-likeness (QED) is 0.788. The highest BCUT2D eigenvalue weighted by molar-refractivity contribution is 5.96. The van der Waals surface area contributed by atoms with Gasteiger partial charge in [-0.3, -0.25) is 14.7 Å². The third kappa shape index (κ3) is 3.30. The second-order valence-corrected chi connectivity index (χ2v) is 4.10. The molecule has 2 N–H and O–H groups in total. The van der Waals surface area contributed by atoms with Crippen LogP contribution in [0.3, 0.4) is 0 Å². The Morgan fingerprint density at radius 1 is 1.35 bits per heavy atom. The second kappa shape index (κ2) is 5.47. The number of rotatable bonds is 4. The lowest BCUT2D eigenvalue weighted by atomic mass is 10.2. The van der Waals surface area contributed by atoms with Crippen molar-refractivity contribution in [2.24, 2.45) is 0 Å². The zero-order valence-electron chi connectivity index (χ0n) is 10.6. The summed E-state index contributed by atoms with van der Waals surface area (Å²) in [5.74, 6) is -0.203. The van der Waals surface area contributed by atoms with Gasteiger partial charge < -0.3 is 10.2 Å². The van der Waals surface area contributed by atoms with Gasteiger partial charge in [0.25, 0.3) is 5.91 Å². The molecule has 0 bridgehead atoms. The molecule has 0 fully saturated rings. The van der Waals surface area contributed by atoms with Gasteiger partial charge in [-0.1, -0.05) is 0 Å². The number of hydrogen-bond acceptors (Lipinski definition) is 3. The molecule has 0 spiro atoms. The maximum atomic E-state index is 11.8. The zero-order chi connectivity index (χ0) is 13.0. The van der Waals surface area contributed by atoms with Crippen molar-refractivity contribution in [3.63, 3.8) is 0 Å². The average molecular weight is 238 g/mol. The monoisotopic (exact) mass is 238 g/mol. The first-order valence-electron chi connectivity index (χ1n) is 5.43. The van der Waals surface area contributed by atoms with E-state index in [1.165, 1.54) is 4.90 Å². The number of carbonyl (C=O) groups is 2. The van der Waals surface area contributed by atoms with Crippen LogP contribution in [0.4, 0.5) is 0 Å².